The lowest BCUT2D eigenvalue weighted by Gasteiger charge is -2.19. The molecule has 9 rings (SSSR count). The lowest BCUT2D eigenvalue weighted by molar-refractivity contribution is 1.11. The van der Waals surface area contributed by atoms with Crippen molar-refractivity contribution < 1.29 is 0 Å². The zero-order chi connectivity index (χ0) is 27.1. The average molecular weight is 540 g/mol. The van der Waals surface area contributed by atoms with E-state index in [0.717, 1.165) is 43.5 Å². The maximum Gasteiger partial charge on any atom is 0.230 e. The summed E-state index contributed by atoms with van der Waals surface area (Å²) in [6, 6.07) is 45.1. The van der Waals surface area contributed by atoms with Crippen molar-refractivity contribution in [1.82, 2.24) is 9.13 Å². The van der Waals surface area contributed by atoms with Crippen LogP contribution < -0.4 is 0 Å². The van der Waals surface area contributed by atoms with Crippen LogP contribution in [0.15, 0.2) is 127 Å². The Hall–Kier alpha value is -5.37. The largest absolute Gasteiger partial charge is 0.317 e. The summed E-state index contributed by atoms with van der Waals surface area (Å²) in [5, 5.41) is 7.09. The molecule has 0 N–H and O–H groups in total. The Kier molecular flexibility index (Phi) is 4.55. The molecule has 0 atom stereocenters. The summed E-state index contributed by atoms with van der Waals surface area (Å²) in [5.41, 5.74) is 7.07. The van der Waals surface area contributed by atoms with Crippen LogP contribution in [0.5, 0.6) is 0 Å². The van der Waals surface area contributed by atoms with Gasteiger partial charge in [-0.3, -0.25) is 0 Å². The van der Waals surface area contributed by atoms with Crippen molar-refractivity contribution in [1.29, 1.82) is 0 Å². The molecule has 190 valence electrons. The molecule has 0 amide bonds. The van der Waals surface area contributed by atoms with Gasteiger partial charge in [-0.2, -0.15) is 0 Å². The van der Waals surface area contributed by atoms with E-state index >= 15 is 0 Å². The van der Waals surface area contributed by atoms with E-state index < -0.39 is 0 Å². The van der Waals surface area contributed by atoms with E-state index in [-0.39, 0.29) is 0 Å². The van der Waals surface area contributed by atoms with Crippen LogP contribution in [0.4, 0.5) is 5.69 Å². The highest BCUT2D eigenvalue weighted by Gasteiger charge is 2.25. The summed E-state index contributed by atoms with van der Waals surface area (Å²) in [6.45, 7) is 8.62. The van der Waals surface area contributed by atoms with Crippen molar-refractivity contribution in [2.45, 2.75) is 0 Å². The SMILES string of the molecule is [C-]#[N+]c1c(-n2c3ccccc3c3ccccc32)c(-n2c3ccccc3c3ccccc32)cc2c1sc1ccccc12. The zero-order valence-corrected chi connectivity index (χ0v) is 22.7. The van der Waals surface area contributed by atoms with Gasteiger partial charge in [0.25, 0.3) is 0 Å². The van der Waals surface area contributed by atoms with Gasteiger partial charge >= 0.3 is 0 Å². The number of hydrogen-bond acceptors (Lipinski definition) is 1. The quantitative estimate of drug-likeness (QED) is 0.194. The van der Waals surface area contributed by atoms with Gasteiger partial charge in [0.2, 0.25) is 5.69 Å². The molecule has 0 bridgehead atoms. The molecule has 0 spiro atoms. The van der Waals surface area contributed by atoms with Crippen molar-refractivity contribution in [2.75, 3.05) is 0 Å². The zero-order valence-electron chi connectivity index (χ0n) is 21.9. The Bertz CT molecular complexity index is 2450. The van der Waals surface area contributed by atoms with Crippen molar-refractivity contribution in [2.24, 2.45) is 0 Å². The van der Waals surface area contributed by atoms with Gasteiger partial charge in [-0.05, 0) is 47.2 Å². The minimum atomic E-state index is 0.687. The van der Waals surface area contributed by atoms with Gasteiger partial charge in [-0.15, -0.1) is 11.3 Å². The first-order chi connectivity index (χ1) is 20.3. The van der Waals surface area contributed by atoms with Crippen molar-refractivity contribution in [3.8, 4) is 11.4 Å². The molecule has 4 heteroatoms. The van der Waals surface area contributed by atoms with Crippen LogP contribution in [0.25, 0.3) is 80.0 Å². The molecule has 6 aromatic carbocycles. The monoisotopic (exact) mass is 539 g/mol. The molecule has 0 aliphatic rings. The molecule has 0 aliphatic carbocycles. The van der Waals surface area contributed by atoms with Gasteiger partial charge in [0.1, 0.15) is 0 Å². The molecule has 3 aromatic heterocycles. The van der Waals surface area contributed by atoms with E-state index in [2.05, 4.69) is 141 Å². The molecule has 0 saturated heterocycles. The van der Waals surface area contributed by atoms with Crippen molar-refractivity contribution in [3.63, 3.8) is 0 Å². The Labute approximate surface area is 239 Å². The molecule has 3 heterocycles. The Balaban J connectivity index is 1.58. The fourth-order valence-corrected chi connectivity index (χ4v) is 7.83. The second kappa shape index (κ2) is 8.32. The smallest absolute Gasteiger partial charge is 0.230 e. The number of thiophene rings is 1. The van der Waals surface area contributed by atoms with E-state index in [1.807, 2.05) is 0 Å². The number of nitrogens with zero attached hydrogens (tertiary/aromatic N) is 3. The van der Waals surface area contributed by atoms with Crippen LogP contribution in [-0.2, 0) is 0 Å². The van der Waals surface area contributed by atoms with Gasteiger partial charge in [0.15, 0.2) is 0 Å². The minimum absolute atomic E-state index is 0.687. The fourth-order valence-electron chi connectivity index (χ4n) is 6.66. The maximum atomic E-state index is 8.62. The maximum absolute atomic E-state index is 8.62. The molecule has 9 aromatic rings. The fraction of sp³-hybridized carbons (Fsp3) is 0. The first-order valence-corrected chi connectivity index (χ1v) is 14.5. The standard InChI is InChI=1S/C37H21N3S/c1-38-35-36(40-31-19-9-4-14-25(31)26-15-5-10-20-32(26)40)33(22-28-27-16-6-11-21-34(27)41-37(28)35)39-29-17-7-2-12-23(29)24-13-3-8-18-30(24)39/h2-22H. The number of rotatable bonds is 2. The third-order valence-corrected chi connectivity index (χ3v) is 9.53. The second-order valence-corrected chi connectivity index (χ2v) is 11.5. The summed E-state index contributed by atoms with van der Waals surface area (Å²) in [4.78, 5) is 4.32. The van der Waals surface area contributed by atoms with Crippen molar-refractivity contribution in [3.05, 3.63) is 139 Å². The summed E-state index contributed by atoms with van der Waals surface area (Å²) < 4.78 is 6.91. The highest BCUT2D eigenvalue weighted by molar-refractivity contribution is 7.26. The first-order valence-electron chi connectivity index (χ1n) is 13.7. The van der Waals surface area contributed by atoms with Crippen LogP contribution in [0, 0.1) is 6.57 Å². The number of aromatic nitrogens is 2. The number of para-hydroxylation sites is 4. The molecule has 41 heavy (non-hydrogen) atoms. The van der Waals surface area contributed by atoms with Gasteiger partial charge in [-0.1, -0.05) is 91.0 Å². The van der Waals surface area contributed by atoms with E-state index in [1.54, 1.807) is 11.3 Å². The van der Waals surface area contributed by atoms with Crippen molar-refractivity contribution >= 4 is 80.8 Å². The lowest BCUT2D eigenvalue weighted by atomic mass is 10.1. The molecule has 0 unspecified atom stereocenters. The highest BCUT2D eigenvalue weighted by Crippen LogP contribution is 2.48. The Morgan fingerprint density at radius 1 is 0.488 bits per heavy atom. The van der Waals surface area contributed by atoms with Crippen LogP contribution in [-0.4, -0.2) is 9.13 Å². The number of fused-ring (bicyclic) bond motifs is 9. The molecular weight excluding hydrogens is 518 g/mol. The average Bonchev–Trinajstić information content (AvgIpc) is 3.68. The van der Waals surface area contributed by atoms with E-state index in [9.17, 15) is 0 Å². The predicted molar refractivity (Wildman–Crippen MR) is 174 cm³/mol. The highest BCUT2D eigenvalue weighted by atomic mass is 32.1. The first kappa shape index (κ1) is 22.4. The lowest BCUT2D eigenvalue weighted by Crippen LogP contribution is -2.04. The third-order valence-electron chi connectivity index (χ3n) is 8.33. The summed E-state index contributed by atoms with van der Waals surface area (Å²) >= 11 is 1.71. The summed E-state index contributed by atoms with van der Waals surface area (Å²) in [6.07, 6.45) is 0. The van der Waals surface area contributed by atoms with E-state index in [1.165, 1.54) is 31.6 Å². The molecule has 0 saturated carbocycles. The molecule has 0 radical (unpaired) electrons. The molecular formula is C37H21N3S. The van der Waals surface area contributed by atoms with Crippen LogP contribution in [0.2, 0.25) is 0 Å². The predicted octanol–water partition coefficient (Wildman–Crippen LogP) is 10.8. The third kappa shape index (κ3) is 2.96. The number of hydrogen-bond donors (Lipinski definition) is 0. The second-order valence-electron chi connectivity index (χ2n) is 10.4. The van der Waals surface area contributed by atoms with Crippen LogP contribution in [0.3, 0.4) is 0 Å². The van der Waals surface area contributed by atoms with E-state index in [0.29, 0.717) is 5.69 Å². The Morgan fingerprint density at radius 3 is 1.44 bits per heavy atom. The summed E-state index contributed by atoms with van der Waals surface area (Å²) in [5.74, 6) is 0. The van der Waals surface area contributed by atoms with E-state index in [4.69, 9.17) is 6.57 Å². The van der Waals surface area contributed by atoms with Crippen LogP contribution in [0.1, 0.15) is 0 Å². The minimum Gasteiger partial charge on any atom is -0.317 e. The molecule has 0 fully saturated rings. The van der Waals surface area contributed by atoms with Gasteiger partial charge in [0, 0.05) is 30.9 Å². The molecule has 3 nitrogen and oxygen atoms in total. The Morgan fingerprint density at radius 2 is 0.927 bits per heavy atom. The van der Waals surface area contributed by atoms with Gasteiger partial charge in [-0.25, -0.2) is 4.85 Å². The van der Waals surface area contributed by atoms with Gasteiger partial charge in [0.05, 0.1) is 40.0 Å². The molecule has 0 aliphatic heterocycles. The van der Waals surface area contributed by atoms with Gasteiger partial charge < -0.3 is 9.13 Å². The number of benzene rings is 6. The topological polar surface area (TPSA) is 14.2 Å². The normalized spacial score (nSPS) is 11.9. The summed E-state index contributed by atoms with van der Waals surface area (Å²) in [7, 11) is 0. The van der Waals surface area contributed by atoms with Crippen LogP contribution >= 0.6 is 11.3 Å².